The van der Waals surface area contributed by atoms with Crippen LogP contribution in [0.2, 0.25) is 0 Å². The molecule has 4 N–H and O–H groups in total. The molecular weight excluding hydrogens is 326 g/mol. The molecule has 1 unspecified atom stereocenters. The van der Waals surface area contributed by atoms with Crippen LogP contribution in [0.4, 0.5) is 0 Å². The van der Waals surface area contributed by atoms with Crippen LogP contribution in [-0.2, 0) is 6.54 Å². The summed E-state index contributed by atoms with van der Waals surface area (Å²) in [4.78, 5) is 16.0. The zero-order chi connectivity index (χ0) is 15.2. The van der Waals surface area contributed by atoms with Crippen LogP contribution in [0.3, 0.4) is 0 Å². The van der Waals surface area contributed by atoms with Gasteiger partial charge in [0.15, 0.2) is 0 Å². The molecule has 22 heavy (non-hydrogen) atoms. The Kier molecular flexibility index (Phi) is 7.26. The molecule has 1 amide bonds. The molecule has 0 aliphatic heterocycles. The van der Waals surface area contributed by atoms with E-state index in [4.69, 9.17) is 10.5 Å². The summed E-state index contributed by atoms with van der Waals surface area (Å²) in [6.45, 7) is 0.385. The first-order valence-electron chi connectivity index (χ1n) is 6.39. The summed E-state index contributed by atoms with van der Waals surface area (Å²) in [5.41, 5.74) is 6.39. The van der Waals surface area contributed by atoms with Gasteiger partial charge in [0.2, 0.25) is 0 Å². The maximum atomic E-state index is 11.9. The number of rotatable bonds is 6. The minimum absolute atomic E-state index is 0. The van der Waals surface area contributed by atoms with E-state index in [0.717, 1.165) is 0 Å². The molecule has 0 fully saturated rings. The Labute approximate surface area is 138 Å². The summed E-state index contributed by atoms with van der Waals surface area (Å²) in [6.07, 6.45) is -0.849. The average molecular weight is 344 g/mol. The van der Waals surface area contributed by atoms with Gasteiger partial charge in [-0.05, 0) is 6.07 Å². The standard InChI is InChI=1S/C14H17N3O3S.ClH/c1-20-12-5-3-2-4-9(12)11(18)7-16-14(19)10-8-21-13(6-15)17-10;/h2-5,8,11,18H,6-7,15H2,1H3,(H,16,19);1H. The summed E-state index contributed by atoms with van der Waals surface area (Å²) in [5, 5.41) is 15.1. The van der Waals surface area contributed by atoms with E-state index in [1.165, 1.54) is 18.4 Å². The van der Waals surface area contributed by atoms with Crippen LogP contribution in [0.5, 0.6) is 5.75 Å². The molecule has 0 saturated heterocycles. The average Bonchev–Trinajstić information content (AvgIpc) is 3.01. The van der Waals surface area contributed by atoms with Crippen LogP contribution in [0.15, 0.2) is 29.6 Å². The van der Waals surface area contributed by atoms with Gasteiger partial charge in [0.25, 0.3) is 5.91 Å². The van der Waals surface area contributed by atoms with Gasteiger partial charge in [-0.2, -0.15) is 0 Å². The van der Waals surface area contributed by atoms with Gasteiger partial charge >= 0.3 is 0 Å². The Morgan fingerprint density at radius 1 is 1.50 bits per heavy atom. The van der Waals surface area contributed by atoms with Crippen molar-refractivity contribution in [3.63, 3.8) is 0 Å². The molecule has 6 nitrogen and oxygen atoms in total. The van der Waals surface area contributed by atoms with Crippen LogP contribution in [0, 0.1) is 0 Å². The molecule has 1 aromatic heterocycles. The molecule has 120 valence electrons. The van der Waals surface area contributed by atoms with Crippen molar-refractivity contribution >= 4 is 29.7 Å². The minimum atomic E-state index is -0.849. The second-order valence-electron chi connectivity index (χ2n) is 4.30. The number of aliphatic hydroxyl groups is 1. The number of carbonyl (C=O) groups is 1. The number of hydrogen-bond acceptors (Lipinski definition) is 6. The summed E-state index contributed by atoms with van der Waals surface area (Å²) >= 11 is 1.34. The number of carbonyl (C=O) groups excluding carboxylic acids is 1. The third-order valence-corrected chi connectivity index (χ3v) is 3.78. The van der Waals surface area contributed by atoms with Crippen molar-refractivity contribution in [1.82, 2.24) is 10.3 Å². The van der Waals surface area contributed by atoms with Crippen LogP contribution < -0.4 is 15.8 Å². The van der Waals surface area contributed by atoms with Gasteiger partial charge in [-0.3, -0.25) is 4.79 Å². The number of aliphatic hydroxyl groups excluding tert-OH is 1. The van der Waals surface area contributed by atoms with Gasteiger partial charge in [-0.25, -0.2) is 4.98 Å². The first kappa shape index (κ1) is 18.4. The van der Waals surface area contributed by atoms with Gasteiger partial charge in [-0.15, -0.1) is 23.7 Å². The molecule has 2 rings (SSSR count). The van der Waals surface area contributed by atoms with Crippen molar-refractivity contribution in [1.29, 1.82) is 0 Å². The minimum Gasteiger partial charge on any atom is -0.496 e. The zero-order valence-corrected chi connectivity index (χ0v) is 13.6. The Hall–Kier alpha value is -1.67. The van der Waals surface area contributed by atoms with Gasteiger partial charge in [0.05, 0.1) is 13.2 Å². The van der Waals surface area contributed by atoms with Gasteiger partial charge in [-0.1, -0.05) is 18.2 Å². The number of nitrogens with one attached hydrogen (secondary N) is 1. The van der Waals surface area contributed by atoms with Crippen molar-refractivity contribution in [3.05, 3.63) is 45.9 Å². The quantitative estimate of drug-likeness (QED) is 0.738. The number of hydrogen-bond donors (Lipinski definition) is 3. The lowest BCUT2D eigenvalue weighted by atomic mass is 10.1. The fourth-order valence-corrected chi connectivity index (χ4v) is 2.50. The predicted molar refractivity (Wildman–Crippen MR) is 87.5 cm³/mol. The number of nitrogens with two attached hydrogens (primary N) is 1. The molecule has 0 aliphatic rings. The lowest BCUT2D eigenvalue weighted by molar-refractivity contribution is 0.0910. The Bertz CT molecular complexity index is 621. The van der Waals surface area contributed by atoms with Crippen LogP contribution >= 0.6 is 23.7 Å². The Morgan fingerprint density at radius 2 is 2.23 bits per heavy atom. The molecule has 0 saturated carbocycles. The summed E-state index contributed by atoms with van der Waals surface area (Å²) in [5.74, 6) is 0.248. The highest BCUT2D eigenvalue weighted by molar-refractivity contribution is 7.09. The smallest absolute Gasteiger partial charge is 0.270 e. The number of amides is 1. The van der Waals surface area contributed by atoms with E-state index in [9.17, 15) is 9.90 Å². The molecule has 0 aliphatic carbocycles. The van der Waals surface area contributed by atoms with Crippen LogP contribution in [0.1, 0.15) is 27.2 Å². The van der Waals surface area contributed by atoms with Crippen molar-refractivity contribution < 1.29 is 14.6 Å². The largest absolute Gasteiger partial charge is 0.496 e. The number of methoxy groups -OCH3 is 1. The molecule has 1 atom stereocenters. The maximum Gasteiger partial charge on any atom is 0.270 e. The first-order valence-corrected chi connectivity index (χ1v) is 7.27. The molecule has 8 heteroatoms. The molecule has 0 spiro atoms. The number of halogens is 1. The van der Waals surface area contributed by atoms with E-state index < -0.39 is 6.10 Å². The summed E-state index contributed by atoms with van der Waals surface area (Å²) in [6, 6.07) is 7.13. The highest BCUT2D eigenvalue weighted by Gasteiger charge is 2.15. The highest BCUT2D eigenvalue weighted by atomic mass is 35.5. The monoisotopic (exact) mass is 343 g/mol. The van der Waals surface area contributed by atoms with Crippen molar-refractivity contribution in [2.24, 2.45) is 5.73 Å². The SMILES string of the molecule is COc1ccccc1C(O)CNC(=O)c1csc(CN)n1.Cl. The number of para-hydroxylation sites is 1. The first-order chi connectivity index (χ1) is 10.2. The summed E-state index contributed by atoms with van der Waals surface area (Å²) in [7, 11) is 1.54. The summed E-state index contributed by atoms with van der Waals surface area (Å²) < 4.78 is 5.18. The van der Waals surface area contributed by atoms with Crippen LogP contribution in [0.25, 0.3) is 0 Å². The van der Waals surface area contributed by atoms with E-state index in [-0.39, 0.29) is 24.9 Å². The normalized spacial score (nSPS) is 11.4. The second kappa shape index (κ2) is 8.70. The van der Waals surface area contributed by atoms with E-state index in [1.54, 1.807) is 23.6 Å². The molecule has 2 aromatic rings. The van der Waals surface area contributed by atoms with E-state index in [0.29, 0.717) is 28.6 Å². The van der Waals surface area contributed by atoms with Gasteiger partial charge in [0.1, 0.15) is 16.5 Å². The molecular formula is C14H18ClN3O3S. The maximum absolute atomic E-state index is 11.9. The second-order valence-corrected chi connectivity index (χ2v) is 5.24. The number of benzene rings is 1. The van der Waals surface area contributed by atoms with Crippen LogP contribution in [-0.4, -0.2) is 29.7 Å². The van der Waals surface area contributed by atoms with E-state index >= 15 is 0 Å². The number of aromatic nitrogens is 1. The lowest BCUT2D eigenvalue weighted by Gasteiger charge is -2.14. The van der Waals surface area contributed by atoms with Gasteiger partial charge < -0.3 is 20.9 Å². The van der Waals surface area contributed by atoms with Gasteiger partial charge in [0, 0.05) is 24.0 Å². The Morgan fingerprint density at radius 3 is 2.86 bits per heavy atom. The number of nitrogens with zero attached hydrogens (tertiary/aromatic N) is 1. The molecule has 0 radical (unpaired) electrons. The Balaban J connectivity index is 0.00000242. The van der Waals surface area contributed by atoms with Crippen molar-refractivity contribution in [2.75, 3.05) is 13.7 Å². The number of ether oxygens (including phenoxy) is 1. The predicted octanol–water partition coefficient (Wildman–Crippen LogP) is 1.50. The highest BCUT2D eigenvalue weighted by Crippen LogP contribution is 2.24. The third kappa shape index (κ3) is 4.41. The topological polar surface area (TPSA) is 97.5 Å². The van der Waals surface area contributed by atoms with E-state index in [1.807, 2.05) is 6.07 Å². The molecule has 0 bridgehead atoms. The van der Waals surface area contributed by atoms with E-state index in [2.05, 4.69) is 10.3 Å². The zero-order valence-electron chi connectivity index (χ0n) is 12.0. The molecule has 1 aromatic carbocycles. The lowest BCUT2D eigenvalue weighted by Crippen LogP contribution is -2.28. The fraction of sp³-hybridized carbons (Fsp3) is 0.286. The van der Waals surface area contributed by atoms with Crippen molar-refractivity contribution in [2.45, 2.75) is 12.6 Å². The number of thiazole rings is 1. The fourth-order valence-electron chi connectivity index (χ4n) is 1.84. The third-order valence-electron chi connectivity index (χ3n) is 2.91. The van der Waals surface area contributed by atoms with Crippen molar-refractivity contribution in [3.8, 4) is 5.75 Å². The molecule has 1 heterocycles.